The van der Waals surface area contributed by atoms with Gasteiger partial charge in [0.25, 0.3) is 0 Å². The fourth-order valence-electron chi connectivity index (χ4n) is 3.63. The molecule has 0 bridgehead atoms. The van der Waals surface area contributed by atoms with Gasteiger partial charge in [-0.1, -0.05) is 0 Å². The van der Waals surface area contributed by atoms with E-state index in [2.05, 4.69) is 10.00 Å². The van der Waals surface area contributed by atoms with E-state index in [9.17, 15) is 9.90 Å². The second-order valence-electron chi connectivity index (χ2n) is 6.47. The largest absolute Gasteiger partial charge is 0.390 e. The van der Waals surface area contributed by atoms with Crippen LogP contribution in [0.5, 0.6) is 0 Å². The van der Waals surface area contributed by atoms with Crippen molar-refractivity contribution in [2.45, 2.75) is 38.5 Å². The van der Waals surface area contributed by atoms with Gasteiger partial charge in [0.05, 0.1) is 12.6 Å². The molecule has 2 aliphatic rings. The van der Waals surface area contributed by atoms with Crippen molar-refractivity contribution in [2.24, 2.45) is 0 Å². The van der Waals surface area contributed by atoms with Gasteiger partial charge >= 0.3 is 6.03 Å². The Morgan fingerprint density at radius 3 is 2.65 bits per heavy atom. The number of piperidine rings is 1. The molecule has 2 aliphatic heterocycles. The highest BCUT2D eigenvalue weighted by Crippen LogP contribution is 2.21. The predicted octanol–water partition coefficient (Wildman–Crippen LogP) is 0.466. The first-order valence-corrected chi connectivity index (χ1v) is 8.60. The summed E-state index contributed by atoms with van der Waals surface area (Å²) in [5.41, 5.74) is 0. The van der Waals surface area contributed by atoms with E-state index < -0.39 is 6.10 Å². The van der Waals surface area contributed by atoms with Crippen molar-refractivity contribution in [1.82, 2.24) is 24.5 Å². The number of rotatable bonds is 6. The molecule has 0 unspecified atom stereocenters. The molecule has 2 fully saturated rings. The van der Waals surface area contributed by atoms with Crippen LogP contribution in [0.25, 0.3) is 0 Å². The van der Waals surface area contributed by atoms with Gasteiger partial charge in [0.15, 0.2) is 0 Å². The van der Waals surface area contributed by atoms with Crippen LogP contribution in [0.15, 0.2) is 18.5 Å². The first kappa shape index (κ1) is 16.3. The molecule has 7 heteroatoms. The van der Waals surface area contributed by atoms with Crippen LogP contribution in [0, 0.1) is 0 Å². The van der Waals surface area contributed by atoms with Crippen molar-refractivity contribution >= 4 is 6.03 Å². The van der Waals surface area contributed by atoms with E-state index in [-0.39, 0.29) is 6.03 Å². The first-order chi connectivity index (χ1) is 11.2. The number of nitrogens with zero attached hydrogens (tertiary/aromatic N) is 5. The van der Waals surface area contributed by atoms with Crippen LogP contribution < -0.4 is 0 Å². The summed E-state index contributed by atoms with van der Waals surface area (Å²) in [5, 5.41) is 14.3. The van der Waals surface area contributed by atoms with E-state index >= 15 is 0 Å². The van der Waals surface area contributed by atoms with Crippen molar-refractivity contribution in [3.8, 4) is 0 Å². The molecule has 3 rings (SSSR count). The molecular weight excluding hydrogens is 294 g/mol. The summed E-state index contributed by atoms with van der Waals surface area (Å²) in [7, 11) is 0. The minimum absolute atomic E-state index is 0.199. The van der Waals surface area contributed by atoms with Gasteiger partial charge < -0.3 is 19.8 Å². The maximum Gasteiger partial charge on any atom is 0.320 e. The zero-order valence-electron chi connectivity index (χ0n) is 13.8. The Morgan fingerprint density at radius 1 is 1.26 bits per heavy atom. The van der Waals surface area contributed by atoms with Crippen LogP contribution in [-0.4, -0.2) is 87.0 Å². The fraction of sp³-hybridized carbons (Fsp3) is 0.750. The predicted molar refractivity (Wildman–Crippen MR) is 87.0 cm³/mol. The zero-order valence-corrected chi connectivity index (χ0v) is 13.8. The lowest BCUT2D eigenvalue weighted by atomic mass is 10.0. The van der Waals surface area contributed by atoms with Crippen LogP contribution in [0.2, 0.25) is 0 Å². The minimum atomic E-state index is -0.407. The van der Waals surface area contributed by atoms with Crippen molar-refractivity contribution in [1.29, 1.82) is 0 Å². The number of hydrogen-bond acceptors (Lipinski definition) is 4. The van der Waals surface area contributed by atoms with Gasteiger partial charge in [0.1, 0.15) is 0 Å². The fourth-order valence-corrected chi connectivity index (χ4v) is 3.63. The van der Waals surface area contributed by atoms with Crippen LogP contribution in [-0.2, 0) is 6.54 Å². The third-order valence-electron chi connectivity index (χ3n) is 4.93. The van der Waals surface area contributed by atoms with E-state index in [1.54, 1.807) is 10.9 Å². The molecule has 0 aliphatic carbocycles. The first-order valence-electron chi connectivity index (χ1n) is 8.60. The number of aliphatic hydroxyl groups is 1. The average Bonchev–Trinajstić information content (AvgIpc) is 3.17. The lowest BCUT2D eigenvalue weighted by molar-refractivity contribution is 0.0680. The summed E-state index contributed by atoms with van der Waals surface area (Å²) >= 11 is 0. The van der Waals surface area contributed by atoms with Crippen LogP contribution in [0.4, 0.5) is 4.79 Å². The molecule has 0 spiro atoms. The Hall–Kier alpha value is -1.60. The van der Waals surface area contributed by atoms with Crippen molar-refractivity contribution in [3.63, 3.8) is 0 Å². The maximum atomic E-state index is 12.3. The monoisotopic (exact) mass is 321 g/mol. The average molecular weight is 321 g/mol. The summed E-state index contributed by atoms with van der Waals surface area (Å²) < 4.78 is 1.76. The SMILES string of the molecule is CCN1CCN(C2CCN(C[C@H](O)Cn3cccn3)CC2)C1=O. The summed E-state index contributed by atoms with van der Waals surface area (Å²) in [5.74, 6) is 0. The van der Waals surface area contributed by atoms with Crippen LogP contribution >= 0.6 is 0 Å². The van der Waals surface area contributed by atoms with Crippen molar-refractivity contribution < 1.29 is 9.90 Å². The third-order valence-corrected chi connectivity index (χ3v) is 4.93. The molecule has 1 aromatic heterocycles. The molecule has 23 heavy (non-hydrogen) atoms. The van der Waals surface area contributed by atoms with Gasteiger partial charge in [-0.25, -0.2) is 4.79 Å². The Labute approximate surface area is 137 Å². The van der Waals surface area contributed by atoms with Crippen molar-refractivity contribution in [3.05, 3.63) is 18.5 Å². The maximum absolute atomic E-state index is 12.3. The highest BCUT2D eigenvalue weighted by Gasteiger charge is 2.34. The normalized spacial score (nSPS) is 22.1. The van der Waals surface area contributed by atoms with Gasteiger partial charge in [-0.15, -0.1) is 0 Å². The molecule has 0 saturated carbocycles. The summed E-state index contributed by atoms with van der Waals surface area (Å²) in [6, 6.07) is 2.42. The van der Waals surface area contributed by atoms with Crippen LogP contribution in [0.1, 0.15) is 19.8 Å². The molecule has 128 valence electrons. The van der Waals surface area contributed by atoms with E-state index in [0.717, 1.165) is 45.6 Å². The second kappa shape index (κ2) is 7.31. The Balaban J connectivity index is 1.43. The highest BCUT2D eigenvalue weighted by molar-refractivity contribution is 5.76. The van der Waals surface area contributed by atoms with Gasteiger partial charge in [-0.3, -0.25) is 4.68 Å². The number of likely N-dealkylation sites (N-methyl/N-ethyl adjacent to an activating group) is 1. The lowest BCUT2D eigenvalue weighted by Gasteiger charge is -2.37. The number of likely N-dealkylation sites (tertiary alicyclic amines) is 1. The number of β-amino-alcohol motifs (C(OH)–C–C–N with tert-alkyl or cyclic N) is 1. The number of carbonyl (C=O) groups is 1. The summed E-state index contributed by atoms with van der Waals surface area (Å²) in [6.45, 7) is 7.63. The molecule has 2 saturated heterocycles. The van der Waals surface area contributed by atoms with E-state index in [4.69, 9.17) is 0 Å². The van der Waals surface area contributed by atoms with Gasteiger partial charge in [-0.2, -0.15) is 5.10 Å². The summed E-state index contributed by atoms with van der Waals surface area (Å²) in [6.07, 6.45) is 5.18. The number of amides is 2. The van der Waals surface area contributed by atoms with E-state index in [1.165, 1.54) is 0 Å². The smallest absolute Gasteiger partial charge is 0.320 e. The Kier molecular flexibility index (Phi) is 5.17. The molecular formula is C16H27N5O2. The lowest BCUT2D eigenvalue weighted by Crippen LogP contribution is -2.48. The molecule has 2 amide bonds. The standard InChI is InChI=1S/C16H27N5O2/c1-2-19-10-11-21(16(19)23)14-4-8-18(9-5-14)12-15(22)13-20-7-3-6-17-20/h3,6-7,14-15,22H,2,4-5,8-13H2,1H3/t15-/m0/s1. The third kappa shape index (κ3) is 3.84. The molecule has 1 N–H and O–H groups in total. The molecule has 0 aromatic carbocycles. The van der Waals surface area contributed by atoms with Gasteiger partial charge in [0, 0.05) is 57.7 Å². The number of aliphatic hydroxyl groups excluding tert-OH is 1. The second-order valence-corrected chi connectivity index (χ2v) is 6.47. The van der Waals surface area contributed by atoms with Gasteiger partial charge in [0.2, 0.25) is 0 Å². The molecule has 0 radical (unpaired) electrons. The molecule has 1 atom stereocenters. The molecule has 7 nitrogen and oxygen atoms in total. The zero-order chi connectivity index (χ0) is 16.2. The number of urea groups is 1. The minimum Gasteiger partial charge on any atom is -0.390 e. The number of carbonyl (C=O) groups excluding carboxylic acids is 1. The van der Waals surface area contributed by atoms with Gasteiger partial charge in [-0.05, 0) is 25.8 Å². The quantitative estimate of drug-likeness (QED) is 0.827. The topological polar surface area (TPSA) is 64.8 Å². The molecule has 1 aromatic rings. The van der Waals surface area contributed by atoms with Crippen molar-refractivity contribution in [2.75, 3.05) is 39.3 Å². The Morgan fingerprint density at radius 2 is 2.04 bits per heavy atom. The summed E-state index contributed by atoms with van der Waals surface area (Å²) in [4.78, 5) is 18.5. The molecule has 3 heterocycles. The van der Waals surface area contributed by atoms with E-state index in [0.29, 0.717) is 19.1 Å². The number of hydrogen-bond donors (Lipinski definition) is 1. The van der Waals surface area contributed by atoms with Crippen LogP contribution in [0.3, 0.4) is 0 Å². The highest BCUT2D eigenvalue weighted by atomic mass is 16.3. The van der Waals surface area contributed by atoms with E-state index in [1.807, 2.05) is 29.0 Å². The number of aromatic nitrogens is 2. The Bertz CT molecular complexity index is 499.